The van der Waals surface area contributed by atoms with Crippen molar-refractivity contribution in [2.45, 2.75) is 33.7 Å². The summed E-state index contributed by atoms with van der Waals surface area (Å²) >= 11 is 0. The van der Waals surface area contributed by atoms with Crippen LogP contribution >= 0.6 is 0 Å². The first-order chi connectivity index (χ1) is 6.49. The molecular weight excluding hydrogens is 182 g/mol. The van der Waals surface area contributed by atoms with Crippen LogP contribution < -0.4 is 5.32 Å². The van der Waals surface area contributed by atoms with Crippen LogP contribution in [0.5, 0.6) is 0 Å². The second kappa shape index (κ2) is 6.18. The number of ketones is 1. The van der Waals surface area contributed by atoms with Gasteiger partial charge in [0.2, 0.25) is 0 Å². The number of esters is 1. The number of ether oxygens (including phenoxy) is 1. The first-order valence-corrected chi connectivity index (χ1v) is 4.63. The number of Topliss-reactive ketones (excluding diaryl/α,β-unsaturated/α-hetero) is 1. The van der Waals surface area contributed by atoms with E-state index in [1.807, 2.05) is 13.8 Å². The fourth-order valence-corrected chi connectivity index (χ4v) is 0.763. The fourth-order valence-electron chi connectivity index (χ4n) is 0.763. The Bertz CT molecular complexity index is 244. The Hall–Kier alpha value is -1.32. The molecule has 0 bridgehead atoms. The van der Waals surface area contributed by atoms with Crippen LogP contribution in [0.2, 0.25) is 0 Å². The molecule has 0 atom stereocenters. The maximum Gasteiger partial charge on any atom is 0.343 e. The third-order valence-corrected chi connectivity index (χ3v) is 1.44. The van der Waals surface area contributed by atoms with Crippen LogP contribution in [0.1, 0.15) is 27.7 Å². The molecule has 0 rings (SSSR count). The third kappa shape index (κ3) is 4.64. The Morgan fingerprint density at radius 1 is 1.43 bits per heavy atom. The molecule has 0 amide bonds. The zero-order valence-corrected chi connectivity index (χ0v) is 9.09. The lowest BCUT2D eigenvalue weighted by atomic mass is 10.2. The van der Waals surface area contributed by atoms with E-state index in [4.69, 9.17) is 4.74 Å². The lowest BCUT2D eigenvalue weighted by molar-refractivity contribution is -0.139. The lowest BCUT2D eigenvalue weighted by Crippen LogP contribution is -2.21. The second-order valence-electron chi connectivity index (χ2n) is 3.16. The van der Waals surface area contributed by atoms with Gasteiger partial charge in [0.05, 0.1) is 6.61 Å². The van der Waals surface area contributed by atoms with Gasteiger partial charge in [0, 0.05) is 12.2 Å². The Kier molecular flexibility index (Phi) is 5.60. The molecule has 80 valence electrons. The van der Waals surface area contributed by atoms with Gasteiger partial charge in [0.15, 0.2) is 5.78 Å². The highest BCUT2D eigenvalue weighted by atomic mass is 16.5. The second-order valence-corrected chi connectivity index (χ2v) is 3.16. The standard InChI is InChI=1S/C10H17NO3/c1-5-14-10(13)9(8(4)12)6-11-7(2)3/h6-7,11H,5H2,1-4H3/b9-6+. The predicted molar refractivity (Wildman–Crippen MR) is 53.7 cm³/mol. The smallest absolute Gasteiger partial charge is 0.343 e. The minimum absolute atomic E-state index is 0.0561. The summed E-state index contributed by atoms with van der Waals surface area (Å²) < 4.78 is 4.73. The van der Waals surface area contributed by atoms with E-state index in [-0.39, 0.29) is 24.0 Å². The monoisotopic (exact) mass is 199 g/mol. The minimum atomic E-state index is -0.576. The van der Waals surface area contributed by atoms with Crippen molar-refractivity contribution in [2.75, 3.05) is 6.61 Å². The van der Waals surface area contributed by atoms with Crippen molar-refractivity contribution in [3.05, 3.63) is 11.8 Å². The van der Waals surface area contributed by atoms with Crippen LogP contribution in [0, 0.1) is 0 Å². The van der Waals surface area contributed by atoms with E-state index in [1.54, 1.807) is 6.92 Å². The molecule has 0 saturated carbocycles. The van der Waals surface area contributed by atoms with Crippen LogP contribution in [0.15, 0.2) is 11.8 Å². The summed E-state index contributed by atoms with van der Waals surface area (Å²) in [6.45, 7) is 7.14. The van der Waals surface area contributed by atoms with Gasteiger partial charge >= 0.3 is 5.97 Å². The summed E-state index contributed by atoms with van der Waals surface area (Å²) in [5.74, 6) is -0.871. The van der Waals surface area contributed by atoms with E-state index >= 15 is 0 Å². The lowest BCUT2D eigenvalue weighted by Gasteiger charge is -2.07. The quantitative estimate of drug-likeness (QED) is 0.311. The van der Waals surface area contributed by atoms with Gasteiger partial charge in [-0.25, -0.2) is 4.79 Å². The van der Waals surface area contributed by atoms with E-state index in [9.17, 15) is 9.59 Å². The zero-order valence-electron chi connectivity index (χ0n) is 9.09. The number of rotatable bonds is 5. The summed E-state index contributed by atoms with van der Waals surface area (Å²) in [6, 6.07) is 0.179. The summed E-state index contributed by atoms with van der Waals surface area (Å²) in [5, 5.41) is 2.88. The van der Waals surface area contributed by atoms with Gasteiger partial charge < -0.3 is 10.1 Å². The van der Waals surface area contributed by atoms with Gasteiger partial charge in [-0.3, -0.25) is 4.79 Å². The Labute approximate surface area is 84.3 Å². The molecule has 0 fully saturated rings. The largest absolute Gasteiger partial charge is 0.462 e. The zero-order chi connectivity index (χ0) is 11.1. The molecule has 4 nitrogen and oxygen atoms in total. The molecule has 0 radical (unpaired) electrons. The van der Waals surface area contributed by atoms with Gasteiger partial charge in [-0.2, -0.15) is 0 Å². The molecule has 0 aromatic carbocycles. The van der Waals surface area contributed by atoms with Crippen molar-refractivity contribution in [1.29, 1.82) is 0 Å². The van der Waals surface area contributed by atoms with Crippen LogP contribution in [0.3, 0.4) is 0 Å². The molecule has 0 heterocycles. The van der Waals surface area contributed by atoms with E-state index < -0.39 is 5.97 Å². The van der Waals surface area contributed by atoms with Crippen LogP contribution in [0.4, 0.5) is 0 Å². The molecule has 1 N–H and O–H groups in total. The predicted octanol–water partition coefficient (Wildman–Crippen LogP) is 1.02. The summed E-state index contributed by atoms with van der Waals surface area (Å²) in [7, 11) is 0. The van der Waals surface area contributed by atoms with Gasteiger partial charge in [0.25, 0.3) is 0 Å². The SMILES string of the molecule is CCOC(=O)/C(=C/NC(C)C)C(C)=O. The van der Waals surface area contributed by atoms with Crippen LogP contribution in [0.25, 0.3) is 0 Å². The Morgan fingerprint density at radius 2 is 2.00 bits per heavy atom. The van der Waals surface area contributed by atoms with Crippen molar-refractivity contribution < 1.29 is 14.3 Å². The molecule has 0 aromatic rings. The molecule has 0 unspecified atom stereocenters. The molecule has 0 aliphatic heterocycles. The molecule has 0 aromatic heterocycles. The van der Waals surface area contributed by atoms with Gasteiger partial charge in [-0.05, 0) is 27.7 Å². The maximum atomic E-state index is 11.2. The van der Waals surface area contributed by atoms with Crippen molar-refractivity contribution in [2.24, 2.45) is 0 Å². The summed E-state index contributed by atoms with van der Waals surface area (Å²) in [6.07, 6.45) is 1.41. The number of nitrogens with one attached hydrogen (secondary N) is 1. The van der Waals surface area contributed by atoms with E-state index in [0.29, 0.717) is 0 Å². The first-order valence-electron chi connectivity index (χ1n) is 4.63. The Balaban J connectivity index is 4.51. The maximum absolute atomic E-state index is 11.2. The normalized spacial score (nSPS) is 11.4. The van der Waals surface area contributed by atoms with Crippen molar-refractivity contribution in [3.63, 3.8) is 0 Å². The topological polar surface area (TPSA) is 55.4 Å². The first kappa shape index (κ1) is 12.7. The van der Waals surface area contributed by atoms with Gasteiger partial charge in [-0.15, -0.1) is 0 Å². The van der Waals surface area contributed by atoms with E-state index in [1.165, 1.54) is 13.1 Å². The Morgan fingerprint density at radius 3 is 2.36 bits per heavy atom. The number of hydrogen-bond acceptors (Lipinski definition) is 4. The molecule has 4 heteroatoms. The van der Waals surface area contributed by atoms with Crippen LogP contribution in [-0.4, -0.2) is 24.4 Å². The highest BCUT2D eigenvalue weighted by Crippen LogP contribution is 1.99. The highest BCUT2D eigenvalue weighted by molar-refractivity contribution is 6.16. The number of carbonyl (C=O) groups is 2. The van der Waals surface area contributed by atoms with Crippen molar-refractivity contribution >= 4 is 11.8 Å². The summed E-state index contributed by atoms with van der Waals surface area (Å²) in [4.78, 5) is 22.3. The molecular formula is C10H17NO3. The molecule has 14 heavy (non-hydrogen) atoms. The van der Waals surface area contributed by atoms with Crippen LogP contribution in [-0.2, 0) is 14.3 Å². The van der Waals surface area contributed by atoms with Crippen molar-refractivity contribution in [1.82, 2.24) is 5.32 Å². The van der Waals surface area contributed by atoms with Gasteiger partial charge in [-0.1, -0.05) is 0 Å². The van der Waals surface area contributed by atoms with Crippen molar-refractivity contribution in [3.8, 4) is 0 Å². The third-order valence-electron chi connectivity index (χ3n) is 1.44. The van der Waals surface area contributed by atoms with E-state index in [2.05, 4.69) is 5.32 Å². The number of carbonyl (C=O) groups excluding carboxylic acids is 2. The fraction of sp³-hybridized carbons (Fsp3) is 0.600. The molecule has 0 spiro atoms. The van der Waals surface area contributed by atoms with Gasteiger partial charge in [0.1, 0.15) is 5.57 Å². The highest BCUT2D eigenvalue weighted by Gasteiger charge is 2.15. The minimum Gasteiger partial charge on any atom is -0.462 e. The average Bonchev–Trinajstić information content (AvgIpc) is 2.03. The molecule has 0 saturated heterocycles. The van der Waals surface area contributed by atoms with E-state index in [0.717, 1.165) is 0 Å². The number of hydrogen-bond donors (Lipinski definition) is 1. The summed E-state index contributed by atoms with van der Waals surface area (Å²) in [5.41, 5.74) is 0.0561. The average molecular weight is 199 g/mol. The molecule has 0 aliphatic rings. The molecule has 0 aliphatic carbocycles.